The Bertz CT molecular complexity index is 682. The van der Waals surface area contributed by atoms with E-state index < -0.39 is 0 Å². The molecular formula is C15H20N4O2. The molecule has 1 atom stereocenters. The monoisotopic (exact) mass is 288 g/mol. The van der Waals surface area contributed by atoms with Gasteiger partial charge in [0.1, 0.15) is 11.5 Å². The van der Waals surface area contributed by atoms with Crippen molar-refractivity contribution in [2.75, 3.05) is 5.73 Å². The molecule has 0 aliphatic heterocycles. The zero-order valence-corrected chi connectivity index (χ0v) is 12.5. The Morgan fingerprint density at radius 1 is 1.52 bits per heavy atom. The summed E-state index contributed by atoms with van der Waals surface area (Å²) in [5.74, 6) is 1.82. The normalized spacial score (nSPS) is 16.0. The third-order valence-electron chi connectivity index (χ3n) is 3.93. The number of nitrogen functional groups attached to an aromatic ring is 1. The molecule has 1 fully saturated rings. The highest BCUT2D eigenvalue weighted by molar-refractivity contribution is 5.98. The highest BCUT2D eigenvalue weighted by Crippen LogP contribution is 2.42. The van der Waals surface area contributed by atoms with Gasteiger partial charge in [-0.25, -0.2) is 0 Å². The smallest absolute Gasteiger partial charge is 0.274 e. The minimum atomic E-state index is -0.263. The number of nitrogens with one attached hydrogen (secondary N) is 2. The molecule has 1 aliphatic rings. The number of hydrogen-bond acceptors (Lipinski definition) is 4. The first kappa shape index (κ1) is 13.7. The summed E-state index contributed by atoms with van der Waals surface area (Å²) in [5.41, 5.74) is 8.64. The highest BCUT2D eigenvalue weighted by atomic mass is 16.3. The van der Waals surface area contributed by atoms with Crippen LogP contribution in [-0.2, 0) is 0 Å². The lowest BCUT2D eigenvalue weighted by molar-refractivity contribution is 0.0935. The summed E-state index contributed by atoms with van der Waals surface area (Å²) < 4.78 is 5.49. The fraction of sp³-hybridized carbons (Fsp3) is 0.467. The lowest BCUT2D eigenvalue weighted by Crippen LogP contribution is -2.27. The largest absolute Gasteiger partial charge is 0.466 e. The van der Waals surface area contributed by atoms with Crippen molar-refractivity contribution < 1.29 is 9.21 Å². The molecule has 0 spiro atoms. The van der Waals surface area contributed by atoms with Crippen molar-refractivity contribution in [1.29, 1.82) is 0 Å². The molecule has 1 amide bonds. The summed E-state index contributed by atoms with van der Waals surface area (Å²) in [4.78, 5) is 12.3. The van der Waals surface area contributed by atoms with Gasteiger partial charge in [-0.3, -0.25) is 9.89 Å². The molecule has 0 saturated heterocycles. The summed E-state index contributed by atoms with van der Waals surface area (Å²) in [7, 11) is 0. The van der Waals surface area contributed by atoms with E-state index in [0.29, 0.717) is 11.6 Å². The van der Waals surface area contributed by atoms with E-state index in [9.17, 15) is 4.79 Å². The minimum absolute atomic E-state index is 0.157. The molecule has 21 heavy (non-hydrogen) atoms. The Hall–Kier alpha value is -2.24. The number of nitrogens with zero attached hydrogens (tertiary/aromatic N) is 1. The number of anilines is 1. The van der Waals surface area contributed by atoms with Crippen molar-refractivity contribution >= 4 is 11.6 Å². The zero-order valence-electron chi connectivity index (χ0n) is 12.5. The average molecular weight is 288 g/mol. The van der Waals surface area contributed by atoms with Crippen LogP contribution >= 0.6 is 0 Å². The van der Waals surface area contributed by atoms with Gasteiger partial charge in [-0.1, -0.05) is 0 Å². The molecule has 1 aliphatic carbocycles. The second kappa shape index (κ2) is 4.95. The number of hydrogen-bond donors (Lipinski definition) is 3. The number of amides is 1. The van der Waals surface area contributed by atoms with Gasteiger partial charge in [-0.2, -0.15) is 5.10 Å². The van der Waals surface area contributed by atoms with Crippen LogP contribution in [0.5, 0.6) is 0 Å². The van der Waals surface area contributed by atoms with Crippen LogP contribution < -0.4 is 11.1 Å². The third kappa shape index (κ3) is 2.53. The van der Waals surface area contributed by atoms with Crippen LogP contribution in [0.1, 0.15) is 65.0 Å². The van der Waals surface area contributed by atoms with E-state index in [2.05, 4.69) is 15.5 Å². The molecule has 2 aromatic rings. The maximum Gasteiger partial charge on any atom is 0.274 e. The molecule has 6 nitrogen and oxygen atoms in total. The number of nitrogens with two attached hydrogens (primary N) is 1. The van der Waals surface area contributed by atoms with Crippen LogP contribution in [0.15, 0.2) is 10.5 Å². The SMILES string of the molecule is Cc1cc(C(C)NC(=O)c2n[nH]c(C3CC3)c2N)c(C)o1. The van der Waals surface area contributed by atoms with E-state index >= 15 is 0 Å². The molecule has 2 heterocycles. The number of carbonyl (C=O) groups is 1. The van der Waals surface area contributed by atoms with Gasteiger partial charge >= 0.3 is 0 Å². The molecule has 0 aromatic carbocycles. The number of H-pyrrole nitrogens is 1. The van der Waals surface area contributed by atoms with E-state index in [0.717, 1.165) is 35.6 Å². The van der Waals surface area contributed by atoms with E-state index in [1.54, 1.807) is 0 Å². The quantitative estimate of drug-likeness (QED) is 0.805. The Labute approximate surface area is 123 Å². The summed E-state index contributed by atoms with van der Waals surface area (Å²) in [6, 6.07) is 1.78. The number of rotatable bonds is 4. The van der Waals surface area contributed by atoms with E-state index in [-0.39, 0.29) is 17.6 Å². The molecule has 6 heteroatoms. The van der Waals surface area contributed by atoms with Crippen molar-refractivity contribution in [3.63, 3.8) is 0 Å². The zero-order chi connectivity index (χ0) is 15.1. The summed E-state index contributed by atoms with van der Waals surface area (Å²) in [6.07, 6.45) is 2.22. The molecule has 1 unspecified atom stereocenters. The summed E-state index contributed by atoms with van der Waals surface area (Å²) in [6.45, 7) is 5.69. The molecule has 0 bridgehead atoms. The predicted octanol–water partition coefficient (Wildman–Crippen LogP) is 2.57. The molecule has 1 saturated carbocycles. The molecule has 2 aromatic heterocycles. The first-order valence-corrected chi connectivity index (χ1v) is 7.19. The standard InChI is InChI=1S/C15H20N4O2/c1-7-6-11(9(3)21-7)8(2)17-15(20)14-12(16)13(18-19-14)10-4-5-10/h6,8,10H,4-5,16H2,1-3H3,(H,17,20)(H,18,19). The van der Waals surface area contributed by atoms with Crippen LogP contribution in [0.3, 0.4) is 0 Å². The van der Waals surface area contributed by atoms with E-state index in [1.807, 2.05) is 26.8 Å². The maximum atomic E-state index is 12.3. The lowest BCUT2D eigenvalue weighted by atomic mass is 10.1. The number of aromatic amines is 1. The van der Waals surface area contributed by atoms with Crippen molar-refractivity contribution in [2.24, 2.45) is 0 Å². The Morgan fingerprint density at radius 3 is 2.81 bits per heavy atom. The Kier molecular flexibility index (Phi) is 3.23. The van der Waals surface area contributed by atoms with Crippen molar-refractivity contribution in [2.45, 2.75) is 45.6 Å². The van der Waals surface area contributed by atoms with Crippen LogP contribution in [0.25, 0.3) is 0 Å². The summed E-state index contributed by atoms with van der Waals surface area (Å²) >= 11 is 0. The lowest BCUT2D eigenvalue weighted by Gasteiger charge is -2.12. The van der Waals surface area contributed by atoms with Gasteiger partial charge in [0.2, 0.25) is 0 Å². The second-order valence-corrected chi connectivity index (χ2v) is 5.74. The van der Waals surface area contributed by atoms with Gasteiger partial charge in [0.25, 0.3) is 5.91 Å². The third-order valence-corrected chi connectivity index (χ3v) is 3.93. The number of aromatic nitrogens is 2. The van der Waals surface area contributed by atoms with Gasteiger partial charge in [0.05, 0.1) is 17.4 Å². The van der Waals surface area contributed by atoms with Crippen molar-refractivity contribution in [3.8, 4) is 0 Å². The van der Waals surface area contributed by atoms with Gasteiger partial charge in [-0.05, 0) is 39.7 Å². The van der Waals surface area contributed by atoms with Crippen LogP contribution in [-0.4, -0.2) is 16.1 Å². The highest BCUT2D eigenvalue weighted by Gasteiger charge is 2.30. The first-order chi connectivity index (χ1) is 9.97. The maximum absolute atomic E-state index is 12.3. The van der Waals surface area contributed by atoms with Crippen LogP contribution in [0, 0.1) is 13.8 Å². The Morgan fingerprint density at radius 2 is 2.24 bits per heavy atom. The average Bonchev–Trinajstić information content (AvgIpc) is 3.10. The minimum Gasteiger partial charge on any atom is -0.466 e. The molecule has 112 valence electrons. The van der Waals surface area contributed by atoms with Gasteiger partial charge < -0.3 is 15.5 Å². The summed E-state index contributed by atoms with van der Waals surface area (Å²) in [5, 5.41) is 9.88. The molecule has 4 N–H and O–H groups in total. The van der Waals surface area contributed by atoms with Crippen LogP contribution in [0.4, 0.5) is 5.69 Å². The van der Waals surface area contributed by atoms with Crippen molar-refractivity contribution in [3.05, 3.63) is 34.5 Å². The number of furan rings is 1. The topological polar surface area (TPSA) is 96.9 Å². The Balaban J connectivity index is 1.75. The van der Waals surface area contributed by atoms with E-state index in [1.165, 1.54) is 0 Å². The molecule has 0 radical (unpaired) electrons. The van der Waals surface area contributed by atoms with E-state index in [4.69, 9.17) is 10.2 Å². The first-order valence-electron chi connectivity index (χ1n) is 7.19. The number of aryl methyl sites for hydroxylation is 2. The van der Waals surface area contributed by atoms with Crippen molar-refractivity contribution in [1.82, 2.24) is 15.5 Å². The van der Waals surface area contributed by atoms with Gasteiger partial charge in [0, 0.05) is 11.5 Å². The second-order valence-electron chi connectivity index (χ2n) is 5.74. The fourth-order valence-electron chi connectivity index (χ4n) is 2.64. The predicted molar refractivity (Wildman–Crippen MR) is 79.0 cm³/mol. The van der Waals surface area contributed by atoms with Crippen LogP contribution in [0.2, 0.25) is 0 Å². The van der Waals surface area contributed by atoms with Gasteiger partial charge in [0.15, 0.2) is 5.69 Å². The molecular weight excluding hydrogens is 268 g/mol. The molecule has 3 rings (SSSR count). The number of carbonyl (C=O) groups excluding carboxylic acids is 1. The fourth-order valence-corrected chi connectivity index (χ4v) is 2.64. The van der Waals surface area contributed by atoms with Gasteiger partial charge in [-0.15, -0.1) is 0 Å².